The van der Waals surface area contributed by atoms with Gasteiger partial charge in [0, 0.05) is 25.9 Å². The summed E-state index contributed by atoms with van der Waals surface area (Å²) in [5.74, 6) is -0.112. The fraction of sp³-hybridized carbons (Fsp3) is 0.556. The van der Waals surface area contributed by atoms with Gasteiger partial charge in [-0.1, -0.05) is 12.1 Å². The van der Waals surface area contributed by atoms with Gasteiger partial charge in [-0.2, -0.15) is 0 Å². The fourth-order valence-electron chi connectivity index (χ4n) is 2.77. The highest BCUT2D eigenvalue weighted by molar-refractivity contribution is 5.83. The first-order valence-electron chi connectivity index (χ1n) is 8.27. The third-order valence-electron chi connectivity index (χ3n) is 4.21. The third-order valence-corrected chi connectivity index (χ3v) is 4.21. The van der Waals surface area contributed by atoms with E-state index in [4.69, 9.17) is 9.47 Å². The van der Waals surface area contributed by atoms with Crippen molar-refractivity contribution in [1.29, 1.82) is 0 Å². The van der Waals surface area contributed by atoms with Gasteiger partial charge < -0.3 is 19.5 Å². The smallest absolute Gasteiger partial charge is 0.338 e. The summed E-state index contributed by atoms with van der Waals surface area (Å²) < 4.78 is 10.6. The zero-order valence-corrected chi connectivity index (χ0v) is 14.4. The Morgan fingerprint density at radius 2 is 2.00 bits per heavy atom. The molecule has 0 bridgehead atoms. The number of ether oxygens (including phenoxy) is 2. The number of aliphatic hydroxyl groups is 1. The molecule has 1 unspecified atom stereocenters. The quantitative estimate of drug-likeness (QED) is 0.829. The van der Waals surface area contributed by atoms with E-state index in [-0.39, 0.29) is 25.4 Å². The van der Waals surface area contributed by atoms with Gasteiger partial charge >= 0.3 is 5.97 Å². The van der Waals surface area contributed by atoms with Crippen LogP contribution >= 0.6 is 0 Å². The van der Waals surface area contributed by atoms with Crippen molar-refractivity contribution in [3.63, 3.8) is 0 Å². The average molecular weight is 335 g/mol. The van der Waals surface area contributed by atoms with Gasteiger partial charge in [-0.05, 0) is 38.5 Å². The van der Waals surface area contributed by atoms with Crippen molar-refractivity contribution in [2.24, 2.45) is 0 Å². The van der Waals surface area contributed by atoms with Gasteiger partial charge in [0.05, 0.1) is 6.61 Å². The number of nitrogens with zero attached hydrogens (tertiary/aromatic N) is 1. The van der Waals surface area contributed by atoms with E-state index in [0.29, 0.717) is 18.8 Å². The highest BCUT2D eigenvalue weighted by Gasteiger charge is 2.42. The summed E-state index contributed by atoms with van der Waals surface area (Å²) in [6, 6.07) is 7.52. The molecule has 1 saturated heterocycles. The summed E-state index contributed by atoms with van der Waals surface area (Å²) in [7, 11) is 0. The molecule has 0 aromatic heterocycles. The highest BCUT2D eigenvalue weighted by Crippen LogP contribution is 2.25. The lowest BCUT2D eigenvalue weighted by atomic mass is 9.91. The Labute approximate surface area is 142 Å². The molecule has 24 heavy (non-hydrogen) atoms. The Morgan fingerprint density at radius 3 is 2.58 bits per heavy atom. The zero-order chi connectivity index (χ0) is 17.7. The molecule has 1 amide bonds. The molecule has 0 aliphatic carbocycles. The summed E-state index contributed by atoms with van der Waals surface area (Å²) in [6.07, 6.45) is -0.274. The van der Waals surface area contributed by atoms with Crippen molar-refractivity contribution in [3.8, 4) is 5.75 Å². The van der Waals surface area contributed by atoms with Crippen molar-refractivity contribution < 1.29 is 24.2 Å². The first kappa shape index (κ1) is 18.3. The number of piperidine rings is 1. The Bertz CT molecular complexity index is 593. The van der Waals surface area contributed by atoms with Crippen LogP contribution in [0.15, 0.2) is 24.3 Å². The number of benzene rings is 1. The molecule has 1 atom stereocenters. The van der Waals surface area contributed by atoms with Crippen molar-refractivity contribution in [3.05, 3.63) is 29.8 Å². The lowest BCUT2D eigenvalue weighted by Crippen LogP contribution is -2.53. The predicted molar refractivity (Wildman–Crippen MR) is 88.7 cm³/mol. The summed E-state index contributed by atoms with van der Waals surface area (Å²) >= 11 is 0. The molecule has 2 rings (SSSR count). The van der Waals surface area contributed by atoms with E-state index in [1.165, 1.54) is 0 Å². The summed E-state index contributed by atoms with van der Waals surface area (Å²) in [6.45, 7) is 6.19. The van der Waals surface area contributed by atoms with E-state index >= 15 is 0 Å². The van der Waals surface area contributed by atoms with Crippen LogP contribution in [0.2, 0.25) is 0 Å². The fourth-order valence-corrected chi connectivity index (χ4v) is 2.77. The summed E-state index contributed by atoms with van der Waals surface area (Å²) in [5, 5.41) is 10.3. The van der Waals surface area contributed by atoms with Crippen LogP contribution in [0.5, 0.6) is 5.75 Å². The van der Waals surface area contributed by atoms with Crippen molar-refractivity contribution in [1.82, 2.24) is 4.90 Å². The van der Waals surface area contributed by atoms with Crippen LogP contribution in [0.25, 0.3) is 0 Å². The minimum atomic E-state index is -1.49. The number of aryl methyl sites for hydroxylation is 1. The Hall–Kier alpha value is -2.08. The van der Waals surface area contributed by atoms with Crippen LogP contribution in [0.1, 0.15) is 32.3 Å². The van der Waals surface area contributed by atoms with E-state index in [1.807, 2.05) is 31.2 Å². The van der Waals surface area contributed by atoms with Gasteiger partial charge in [0.25, 0.3) is 5.91 Å². The minimum Gasteiger partial charge on any atom is -0.481 e. The predicted octanol–water partition coefficient (Wildman–Crippen LogP) is 1.68. The number of hydrogen-bond donors (Lipinski definition) is 1. The normalized spacial score (nSPS) is 17.9. The number of rotatable bonds is 5. The highest BCUT2D eigenvalue weighted by atomic mass is 16.5. The van der Waals surface area contributed by atoms with Gasteiger partial charge in [-0.15, -0.1) is 0 Å². The second-order valence-corrected chi connectivity index (χ2v) is 6.15. The maximum atomic E-state index is 12.5. The standard InChI is InChI=1S/C18H25NO5/c1-4-23-17(21)18(22)8-10-19(11-9-18)16(20)14(3)24-15-7-5-6-13(2)12-15/h5-7,12,14,22H,4,8-11H2,1-3H3. The molecule has 6 heteroatoms. The van der Waals surface area contributed by atoms with Crippen molar-refractivity contribution in [2.75, 3.05) is 19.7 Å². The molecule has 1 aromatic carbocycles. The van der Waals surface area contributed by atoms with Gasteiger partial charge in [0.2, 0.25) is 0 Å². The average Bonchev–Trinajstić information content (AvgIpc) is 2.55. The second kappa shape index (κ2) is 7.66. The molecule has 1 aliphatic rings. The molecule has 6 nitrogen and oxygen atoms in total. The number of carbonyl (C=O) groups excluding carboxylic acids is 2. The molecule has 1 aromatic rings. The number of likely N-dealkylation sites (tertiary alicyclic amines) is 1. The van der Waals surface area contributed by atoms with Crippen LogP contribution in [0.4, 0.5) is 0 Å². The lowest BCUT2D eigenvalue weighted by Gasteiger charge is -2.37. The molecule has 1 fully saturated rings. The van der Waals surface area contributed by atoms with Crippen LogP contribution < -0.4 is 4.74 Å². The van der Waals surface area contributed by atoms with Crippen LogP contribution in [0, 0.1) is 6.92 Å². The molecule has 0 spiro atoms. The van der Waals surface area contributed by atoms with Crippen molar-refractivity contribution >= 4 is 11.9 Å². The topological polar surface area (TPSA) is 76.1 Å². The molecular weight excluding hydrogens is 310 g/mol. The Morgan fingerprint density at radius 1 is 1.33 bits per heavy atom. The maximum Gasteiger partial charge on any atom is 0.338 e. The van der Waals surface area contributed by atoms with E-state index in [1.54, 1.807) is 18.7 Å². The molecule has 1 heterocycles. The van der Waals surface area contributed by atoms with Crippen LogP contribution in [-0.4, -0.2) is 53.3 Å². The summed E-state index contributed by atoms with van der Waals surface area (Å²) in [4.78, 5) is 25.9. The number of esters is 1. The monoisotopic (exact) mass is 335 g/mol. The van der Waals surface area contributed by atoms with Gasteiger partial charge in [0.15, 0.2) is 11.7 Å². The molecule has 0 saturated carbocycles. The number of hydrogen-bond acceptors (Lipinski definition) is 5. The Kier molecular flexibility index (Phi) is 5.83. The van der Waals surface area contributed by atoms with E-state index in [0.717, 1.165) is 5.56 Å². The minimum absolute atomic E-state index is 0.151. The van der Waals surface area contributed by atoms with Gasteiger partial charge in [-0.3, -0.25) is 4.79 Å². The summed E-state index contributed by atoms with van der Waals surface area (Å²) in [5.41, 5.74) is -0.433. The first-order valence-corrected chi connectivity index (χ1v) is 8.27. The second-order valence-electron chi connectivity index (χ2n) is 6.15. The van der Waals surface area contributed by atoms with Crippen LogP contribution in [-0.2, 0) is 14.3 Å². The van der Waals surface area contributed by atoms with Crippen molar-refractivity contribution in [2.45, 2.75) is 45.3 Å². The maximum absolute atomic E-state index is 12.5. The van der Waals surface area contributed by atoms with Gasteiger partial charge in [-0.25, -0.2) is 4.79 Å². The molecule has 1 aliphatic heterocycles. The molecule has 132 valence electrons. The van der Waals surface area contributed by atoms with E-state index in [2.05, 4.69) is 0 Å². The number of carbonyl (C=O) groups is 2. The molecular formula is C18H25NO5. The van der Waals surface area contributed by atoms with E-state index < -0.39 is 17.7 Å². The lowest BCUT2D eigenvalue weighted by molar-refractivity contribution is -0.172. The Balaban J connectivity index is 1.91. The SMILES string of the molecule is CCOC(=O)C1(O)CCN(C(=O)C(C)Oc2cccc(C)c2)CC1. The number of amides is 1. The van der Waals surface area contributed by atoms with Crippen LogP contribution in [0.3, 0.4) is 0 Å². The van der Waals surface area contributed by atoms with E-state index in [9.17, 15) is 14.7 Å². The third kappa shape index (κ3) is 4.26. The largest absolute Gasteiger partial charge is 0.481 e. The first-order chi connectivity index (χ1) is 11.4. The molecule has 0 radical (unpaired) electrons. The van der Waals surface area contributed by atoms with Gasteiger partial charge in [0.1, 0.15) is 5.75 Å². The zero-order valence-electron chi connectivity index (χ0n) is 14.4. The molecule has 1 N–H and O–H groups in total.